The van der Waals surface area contributed by atoms with E-state index in [1.807, 2.05) is 0 Å². The molecule has 0 radical (unpaired) electrons. The smallest absolute Gasteiger partial charge is 0.250 e. The number of benzene rings is 1. The lowest BCUT2D eigenvalue weighted by molar-refractivity contribution is -0.140. The molecule has 2 amide bonds. The summed E-state index contributed by atoms with van der Waals surface area (Å²) in [6.07, 6.45) is 1.60. The Labute approximate surface area is 110 Å². The van der Waals surface area contributed by atoms with Crippen molar-refractivity contribution in [2.45, 2.75) is 25.8 Å². The van der Waals surface area contributed by atoms with Gasteiger partial charge in [0.15, 0.2) is 0 Å². The number of fused-ring (bicyclic) bond motifs is 1. The Kier molecular flexibility index (Phi) is 2.77. The van der Waals surface area contributed by atoms with Crippen LogP contribution in [-0.2, 0) is 9.59 Å². The molecule has 1 atom stereocenters. The van der Waals surface area contributed by atoms with Gasteiger partial charge in [-0.25, -0.2) is 4.39 Å². The van der Waals surface area contributed by atoms with Gasteiger partial charge in [-0.2, -0.15) is 0 Å². The van der Waals surface area contributed by atoms with Crippen molar-refractivity contribution in [3.05, 3.63) is 29.6 Å². The van der Waals surface area contributed by atoms with Crippen LogP contribution in [0.2, 0.25) is 0 Å². The van der Waals surface area contributed by atoms with Crippen LogP contribution in [0.15, 0.2) is 18.2 Å². The first-order chi connectivity index (χ1) is 9.08. The molecule has 2 aliphatic rings. The first-order valence-electron chi connectivity index (χ1n) is 6.45. The monoisotopic (exact) mass is 262 g/mol. The van der Waals surface area contributed by atoms with E-state index < -0.39 is 0 Å². The van der Waals surface area contributed by atoms with Gasteiger partial charge in [0, 0.05) is 12.2 Å². The van der Waals surface area contributed by atoms with E-state index in [1.165, 1.54) is 11.0 Å². The van der Waals surface area contributed by atoms with Gasteiger partial charge in [-0.15, -0.1) is 0 Å². The van der Waals surface area contributed by atoms with Crippen LogP contribution >= 0.6 is 0 Å². The standard InChI is InChI=1S/C14H15FN2O2/c1-9-7-10(4-5-11(9)15)17-8-13(18)16-6-2-3-12(16)14(17)19/h4-5,7,12H,2-3,6,8H2,1H3. The summed E-state index contributed by atoms with van der Waals surface area (Å²) >= 11 is 0. The Bertz CT molecular complexity index is 558. The average molecular weight is 262 g/mol. The second-order valence-corrected chi connectivity index (χ2v) is 5.10. The van der Waals surface area contributed by atoms with E-state index in [2.05, 4.69) is 0 Å². The predicted molar refractivity (Wildman–Crippen MR) is 68.2 cm³/mol. The summed E-state index contributed by atoms with van der Waals surface area (Å²) in [7, 11) is 0. The fraction of sp³-hybridized carbons (Fsp3) is 0.429. The van der Waals surface area contributed by atoms with Gasteiger partial charge >= 0.3 is 0 Å². The molecule has 2 saturated heterocycles. The second-order valence-electron chi connectivity index (χ2n) is 5.10. The summed E-state index contributed by atoms with van der Waals surface area (Å²) in [5.74, 6) is -0.380. The molecule has 3 rings (SSSR count). The number of carbonyl (C=O) groups excluding carboxylic acids is 2. The van der Waals surface area contributed by atoms with E-state index in [0.717, 1.165) is 12.8 Å². The molecule has 2 fully saturated rings. The summed E-state index contributed by atoms with van der Waals surface area (Å²) in [6.45, 7) is 2.38. The van der Waals surface area contributed by atoms with Crippen molar-refractivity contribution in [2.75, 3.05) is 18.0 Å². The highest BCUT2D eigenvalue weighted by Crippen LogP contribution is 2.28. The van der Waals surface area contributed by atoms with Crippen LogP contribution in [0.3, 0.4) is 0 Å². The van der Waals surface area contributed by atoms with E-state index in [1.54, 1.807) is 24.0 Å². The largest absolute Gasteiger partial charge is 0.329 e. The van der Waals surface area contributed by atoms with Gasteiger partial charge in [0.05, 0.1) is 0 Å². The van der Waals surface area contributed by atoms with Crippen molar-refractivity contribution in [3.63, 3.8) is 0 Å². The Morgan fingerprint density at radius 2 is 2.11 bits per heavy atom. The molecule has 0 N–H and O–H groups in total. The number of hydrogen-bond donors (Lipinski definition) is 0. The van der Waals surface area contributed by atoms with E-state index in [4.69, 9.17) is 0 Å². The Hall–Kier alpha value is -1.91. The molecule has 0 saturated carbocycles. The second kappa shape index (κ2) is 4.33. The molecule has 0 bridgehead atoms. The maximum atomic E-state index is 13.3. The molecule has 0 aliphatic carbocycles. The van der Waals surface area contributed by atoms with Crippen molar-refractivity contribution in [1.82, 2.24) is 4.90 Å². The molecule has 0 spiro atoms. The molecule has 2 aliphatic heterocycles. The third kappa shape index (κ3) is 1.89. The predicted octanol–water partition coefficient (Wildman–Crippen LogP) is 1.47. The number of halogens is 1. The van der Waals surface area contributed by atoms with Gasteiger partial charge in [-0.3, -0.25) is 9.59 Å². The Morgan fingerprint density at radius 3 is 2.84 bits per heavy atom. The number of rotatable bonds is 1. The maximum Gasteiger partial charge on any atom is 0.250 e. The van der Waals surface area contributed by atoms with Crippen LogP contribution in [0.4, 0.5) is 10.1 Å². The molecule has 4 nitrogen and oxygen atoms in total. The lowest BCUT2D eigenvalue weighted by atomic mass is 10.1. The quantitative estimate of drug-likeness (QED) is 0.769. The summed E-state index contributed by atoms with van der Waals surface area (Å²) in [5.41, 5.74) is 1.08. The van der Waals surface area contributed by atoms with Gasteiger partial charge in [-0.1, -0.05) is 0 Å². The lowest BCUT2D eigenvalue weighted by Gasteiger charge is -2.36. The van der Waals surface area contributed by atoms with Crippen molar-refractivity contribution in [1.29, 1.82) is 0 Å². The van der Waals surface area contributed by atoms with E-state index in [9.17, 15) is 14.0 Å². The molecule has 2 heterocycles. The minimum absolute atomic E-state index is 0.0240. The molecular formula is C14H15FN2O2. The fourth-order valence-electron chi connectivity index (χ4n) is 2.82. The fourth-order valence-corrected chi connectivity index (χ4v) is 2.82. The zero-order valence-electron chi connectivity index (χ0n) is 10.7. The summed E-state index contributed by atoms with van der Waals surface area (Å²) in [6, 6.07) is 4.18. The zero-order valence-corrected chi connectivity index (χ0v) is 10.7. The number of carbonyl (C=O) groups is 2. The van der Waals surface area contributed by atoms with E-state index in [0.29, 0.717) is 17.8 Å². The first kappa shape index (κ1) is 12.1. The topological polar surface area (TPSA) is 40.6 Å². The molecular weight excluding hydrogens is 247 g/mol. The number of aryl methyl sites for hydroxylation is 1. The average Bonchev–Trinajstić information content (AvgIpc) is 2.87. The molecule has 1 aromatic carbocycles. The van der Waals surface area contributed by atoms with Gasteiger partial charge in [0.1, 0.15) is 18.4 Å². The zero-order chi connectivity index (χ0) is 13.6. The minimum atomic E-state index is -0.327. The summed E-state index contributed by atoms with van der Waals surface area (Å²) in [5, 5.41) is 0. The molecule has 19 heavy (non-hydrogen) atoms. The molecule has 5 heteroatoms. The number of nitrogens with zero attached hydrogens (tertiary/aromatic N) is 2. The highest BCUT2D eigenvalue weighted by atomic mass is 19.1. The Morgan fingerprint density at radius 1 is 1.32 bits per heavy atom. The molecule has 1 aromatic rings. The first-order valence-corrected chi connectivity index (χ1v) is 6.45. The van der Waals surface area contributed by atoms with Crippen molar-refractivity contribution in [2.24, 2.45) is 0 Å². The van der Waals surface area contributed by atoms with Crippen molar-refractivity contribution in [3.8, 4) is 0 Å². The van der Waals surface area contributed by atoms with E-state index in [-0.39, 0.29) is 30.2 Å². The molecule has 100 valence electrons. The van der Waals surface area contributed by atoms with Gasteiger partial charge in [0.2, 0.25) is 11.8 Å². The SMILES string of the molecule is Cc1cc(N2CC(=O)N3CCCC3C2=O)ccc1F. The number of amides is 2. The van der Waals surface area contributed by atoms with Crippen LogP contribution in [0, 0.1) is 12.7 Å². The summed E-state index contributed by atoms with van der Waals surface area (Å²) < 4.78 is 13.3. The maximum absolute atomic E-state index is 13.3. The van der Waals surface area contributed by atoms with Crippen molar-refractivity contribution >= 4 is 17.5 Å². The highest BCUT2D eigenvalue weighted by molar-refractivity contribution is 6.06. The van der Waals surface area contributed by atoms with Gasteiger partial charge in [-0.05, 0) is 43.5 Å². The van der Waals surface area contributed by atoms with Crippen LogP contribution < -0.4 is 4.90 Å². The highest BCUT2D eigenvalue weighted by Gasteiger charge is 2.42. The Balaban J connectivity index is 1.94. The number of anilines is 1. The van der Waals surface area contributed by atoms with Crippen LogP contribution in [0.1, 0.15) is 18.4 Å². The minimum Gasteiger partial charge on any atom is -0.329 e. The van der Waals surface area contributed by atoms with Crippen molar-refractivity contribution < 1.29 is 14.0 Å². The van der Waals surface area contributed by atoms with Gasteiger partial charge in [0.25, 0.3) is 0 Å². The van der Waals surface area contributed by atoms with Crippen LogP contribution in [0.25, 0.3) is 0 Å². The van der Waals surface area contributed by atoms with Crippen LogP contribution in [-0.4, -0.2) is 35.8 Å². The molecule has 1 unspecified atom stereocenters. The van der Waals surface area contributed by atoms with Gasteiger partial charge < -0.3 is 9.80 Å². The third-order valence-corrected chi connectivity index (χ3v) is 3.87. The van der Waals surface area contributed by atoms with Crippen LogP contribution in [0.5, 0.6) is 0 Å². The number of hydrogen-bond acceptors (Lipinski definition) is 2. The van der Waals surface area contributed by atoms with E-state index >= 15 is 0 Å². The normalized spacial score (nSPS) is 22.9. The molecule has 0 aromatic heterocycles. The third-order valence-electron chi connectivity index (χ3n) is 3.87. The number of piperazine rings is 1. The lowest BCUT2D eigenvalue weighted by Crippen LogP contribution is -2.57. The summed E-state index contributed by atoms with van der Waals surface area (Å²) in [4.78, 5) is 27.5.